The van der Waals surface area contributed by atoms with E-state index in [0.717, 1.165) is 88.9 Å². The zero-order chi connectivity index (χ0) is 64.3. The summed E-state index contributed by atoms with van der Waals surface area (Å²) in [5, 5.41) is 0. The van der Waals surface area contributed by atoms with Gasteiger partial charge in [0, 0.05) is 13.2 Å². The van der Waals surface area contributed by atoms with Crippen LogP contribution in [0.4, 0.5) is 0 Å². The van der Waals surface area contributed by atoms with Crippen LogP contribution in [0.3, 0.4) is 0 Å². The molecule has 23 nitrogen and oxygen atoms in total. The molecule has 0 aliphatic carbocycles. The largest absolute Gasteiger partial charge is 0.488 e. The maximum absolute atomic E-state index is 6.06. The topological polar surface area (TPSA) is 235 Å². The number of unbranched alkanes of at least 4 members (excludes halogenated alkanes) is 4. The normalized spacial score (nSPS) is 12.0. The van der Waals surface area contributed by atoms with Gasteiger partial charge in [-0.1, -0.05) is 89.8 Å². The highest BCUT2D eigenvalue weighted by Gasteiger charge is 2.12. The van der Waals surface area contributed by atoms with Crippen molar-refractivity contribution < 1.29 is 110 Å². The van der Waals surface area contributed by atoms with Gasteiger partial charge in [-0.05, 0) is 62.8 Å². The summed E-state index contributed by atoms with van der Waals surface area (Å²) < 4.78 is 123. The molecule has 0 heterocycles. The fourth-order valence-corrected chi connectivity index (χ4v) is 7.48. The Labute approximate surface area is 548 Å². The zero-order valence-corrected chi connectivity index (χ0v) is 56.8. The van der Waals surface area contributed by atoms with Crippen molar-refractivity contribution in [1.82, 2.24) is 0 Å². The monoisotopic (exact) mass is 1310 g/mol. The average molecular weight is 1310 g/mol. The van der Waals surface area contributed by atoms with Crippen LogP contribution in [0.2, 0.25) is 0 Å². The minimum Gasteiger partial charge on any atom is -0.488 e. The molecule has 91 heavy (non-hydrogen) atoms. The van der Waals surface area contributed by atoms with Crippen LogP contribution in [0.25, 0.3) is 0 Å². The first-order valence-electron chi connectivity index (χ1n) is 33.7. The number of hydrogen-bond acceptors (Lipinski definition) is 22. The summed E-state index contributed by atoms with van der Waals surface area (Å²) in [4.78, 5) is 0. The third-order valence-electron chi connectivity index (χ3n) is 12.4. The summed E-state index contributed by atoms with van der Waals surface area (Å²) in [6.07, 6.45) is 11.0. The van der Waals surface area contributed by atoms with E-state index in [1.165, 1.54) is 0 Å². The van der Waals surface area contributed by atoms with E-state index in [1.807, 2.05) is 60.7 Å². The molecule has 2 atom stereocenters. The van der Waals surface area contributed by atoms with Crippen LogP contribution in [0.15, 0.2) is 60.7 Å². The Kier molecular flexibility index (Phi) is 75.5. The minimum atomic E-state index is 0. The van der Waals surface area contributed by atoms with Crippen molar-refractivity contribution in [2.45, 2.75) is 104 Å². The first-order chi connectivity index (χ1) is 44.7. The Morgan fingerprint density at radius 3 is 0.549 bits per heavy atom. The van der Waals surface area contributed by atoms with Gasteiger partial charge >= 0.3 is 0 Å². The molecule has 0 aliphatic rings. The van der Waals surface area contributed by atoms with Gasteiger partial charge in [-0.15, -0.1) is 0 Å². The van der Waals surface area contributed by atoms with Crippen molar-refractivity contribution in [2.75, 3.05) is 264 Å². The molecule has 0 radical (unpaired) electrons. The van der Waals surface area contributed by atoms with Crippen molar-refractivity contribution in [3.05, 3.63) is 60.7 Å². The molecule has 2 unspecified atom stereocenters. The van der Waals surface area contributed by atoms with Gasteiger partial charge in [0.1, 0.15) is 23.7 Å². The first kappa shape index (κ1) is 88.2. The molecule has 23 heteroatoms. The number of ether oxygens (including phenoxy) is 22. The fraction of sp³-hybridized carbons (Fsp3) is 0.824. The molecule has 0 fully saturated rings. The predicted octanol–water partition coefficient (Wildman–Crippen LogP) is 8.36. The highest BCUT2D eigenvalue weighted by atomic mass is 16.6. The quantitative estimate of drug-likeness (QED) is 0.0566. The maximum atomic E-state index is 6.06. The lowest BCUT2D eigenvalue weighted by Gasteiger charge is -2.19. The van der Waals surface area contributed by atoms with Crippen LogP contribution in [0.5, 0.6) is 11.5 Å². The molecule has 0 saturated heterocycles. The molecule has 0 spiro atoms. The second-order valence-corrected chi connectivity index (χ2v) is 20.3. The molecule has 2 aromatic rings. The Morgan fingerprint density at radius 2 is 0.374 bits per heavy atom. The smallest absolute Gasteiger partial charge is 0.122 e. The van der Waals surface area contributed by atoms with Crippen LogP contribution >= 0.6 is 0 Å². The molecule has 2 N–H and O–H groups in total. The van der Waals surface area contributed by atoms with Crippen LogP contribution in [0, 0.1) is 0 Å². The number of hydrogen-bond donors (Lipinski definition) is 0. The third kappa shape index (κ3) is 69.8. The van der Waals surface area contributed by atoms with E-state index < -0.39 is 0 Å². The van der Waals surface area contributed by atoms with Crippen LogP contribution in [0.1, 0.15) is 91.9 Å². The van der Waals surface area contributed by atoms with E-state index in [4.69, 9.17) is 104 Å². The van der Waals surface area contributed by atoms with Crippen molar-refractivity contribution >= 4 is 0 Å². The summed E-state index contributed by atoms with van der Waals surface area (Å²) in [6, 6.07) is 19.8. The highest BCUT2D eigenvalue weighted by molar-refractivity contribution is 5.22. The molecule has 0 aliphatic heterocycles. The molecule has 0 saturated carbocycles. The zero-order valence-electron chi connectivity index (χ0n) is 56.8. The van der Waals surface area contributed by atoms with Gasteiger partial charge in [-0.2, -0.15) is 0 Å². The van der Waals surface area contributed by atoms with E-state index in [2.05, 4.69) is 27.7 Å². The Hall–Kier alpha value is -2.80. The molecule has 0 bridgehead atoms. The Balaban J connectivity index is 0.00000176. The van der Waals surface area contributed by atoms with E-state index in [9.17, 15) is 0 Å². The van der Waals surface area contributed by atoms with Crippen molar-refractivity contribution in [3.63, 3.8) is 0 Å². The third-order valence-corrected chi connectivity index (χ3v) is 12.4. The molecular weight excluding hydrogens is 1180 g/mol. The van der Waals surface area contributed by atoms with E-state index in [-0.39, 0.29) is 17.7 Å². The van der Waals surface area contributed by atoms with Crippen molar-refractivity contribution in [2.24, 2.45) is 0 Å². The highest BCUT2D eigenvalue weighted by Crippen LogP contribution is 2.16. The van der Waals surface area contributed by atoms with Crippen LogP contribution in [-0.2, 0) is 94.7 Å². The summed E-state index contributed by atoms with van der Waals surface area (Å²) in [6.45, 7) is 30.8. The standard InChI is InChI=1S/2C34H62O11.H2O/c2*1-3-5-10-34(45-33-11-8-7-9-12-33)32-44-31-30-43-29-28-42-27-26-41-25-24-40-23-22-39-21-20-38-19-18-37-17-16-36-15-14-35-13-6-4-2;/h2*7-9,11-12,34H,3-6,10,13-32H2,1-2H3;1H2. The number of para-hydroxylation sites is 2. The second kappa shape index (κ2) is 77.9. The number of rotatable bonds is 74. The van der Waals surface area contributed by atoms with E-state index in [1.54, 1.807) is 0 Å². The van der Waals surface area contributed by atoms with Gasteiger partial charge in [0.15, 0.2) is 0 Å². The molecular formula is C68H126O23. The Bertz CT molecular complexity index is 1480. The summed E-state index contributed by atoms with van der Waals surface area (Å²) in [5.41, 5.74) is 0. The molecule has 0 aromatic heterocycles. The van der Waals surface area contributed by atoms with Gasteiger partial charge in [0.2, 0.25) is 0 Å². The van der Waals surface area contributed by atoms with E-state index in [0.29, 0.717) is 251 Å². The Morgan fingerprint density at radius 1 is 0.209 bits per heavy atom. The fourth-order valence-electron chi connectivity index (χ4n) is 7.48. The lowest BCUT2D eigenvalue weighted by molar-refractivity contribution is -0.0282. The van der Waals surface area contributed by atoms with Gasteiger partial charge in [-0.3, -0.25) is 0 Å². The average Bonchev–Trinajstić information content (AvgIpc) is 3.77. The number of benzene rings is 2. The van der Waals surface area contributed by atoms with Gasteiger partial charge < -0.3 is 110 Å². The lowest BCUT2D eigenvalue weighted by Crippen LogP contribution is -2.24. The SMILES string of the molecule is CCCCOCCOCCOCCOCCOCCOCCOCCOCCOCCOCC(CCCC)Oc1ccccc1.CCCCOCCOCCOCCOCCOCCOCCOCCOCCOCCOCC(CCCC)Oc1ccccc1.O. The van der Waals surface area contributed by atoms with Crippen molar-refractivity contribution in [3.8, 4) is 11.5 Å². The summed E-state index contributed by atoms with van der Waals surface area (Å²) in [7, 11) is 0. The van der Waals surface area contributed by atoms with Crippen LogP contribution in [-0.4, -0.2) is 282 Å². The maximum Gasteiger partial charge on any atom is 0.122 e. The van der Waals surface area contributed by atoms with Gasteiger partial charge in [0.05, 0.1) is 251 Å². The predicted molar refractivity (Wildman–Crippen MR) is 351 cm³/mol. The lowest BCUT2D eigenvalue weighted by atomic mass is 10.2. The molecule has 2 rings (SSSR count). The van der Waals surface area contributed by atoms with Gasteiger partial charge in [-0.25, -0.2) is 0 Å². The summed E-state index contributed by atoms with van der Waals surface area (Å²) >= 11 is 0. The van der Waals surface area contributed by atoms with Crippen molar-refractivity contribution in [1.29, 1.82) is 0 Å². The first-order valence-corrected chi connectivity index (χ1v) is 33.7. The summed E-state index contributed by atoms with van der Waals surface area (Å²) in [5.74, 6) is 1.76. The minimum absolute atomic E-state index is 0. The second-order valence-electron chi connectivity index (χ2n) is 20.3. The van der Waals surface area contributed by atoms with Crippen LogP contribution < -0.4 is 9.47 Å². The van der Waals surface area contributed by atoms with Gasteiger partial charge in [0.25, 0.3) is 0 Å². The molecule has 0 amide bonds. The molecule has 2 aromatic carbocycles. The molecule has 536 valence electrons. The van der Waals surface area contributed by atoms with E-state index >= 15 is 0 Å².